The van der Waals surface area contributed by atoms with E-state index in [0.29, 0.717) is 19.3 Å². The fourth-order valence-electron chi connectivity index (χ4n) is 8.04. The number of Topliss-reactive ketones (excluding diaryl/α,β-unsaturated/α-hetero) is 1. The molecule has 3 N–H and O–H groups in total. The quantitative estimate of drug-likeness (QED) is 0.548. The van der Waals surface area contributed by atoms with Crippen molar-refractivity contribution in [2.24, 2.45) is 22.7 Å². The van der Waals surface area contributed by atoms with Crippen LogP contribution in [-0.4, -0.2) is 64.2 Å². The molecular formula is C27H36FNO6. The van der Waals surface area contributed by atoms with Crippen LogP contribution < -0.4 is 5.32 Å². The summed E-state index contributed by atoms with van der Waals surface area (Å²) in [6.45, 7) is 7.48. The normalized spacial score (nSPS) is 48.2. The molecule has 0 amide bonds. The second-order valence-corrected chi connectivity index (χ2v) is 11.7. The number of carbonyl (C=O) groups is 2. The van der Waals surface area contributed by atoms with Gasteiger partial charge in [-0.1, -0.05) is 18.6 Å². The van der Waals surface area contributed by atoms with E-state index in [1.165, 1.54) is 12.2 Å². The molecule has 4 aliphatic carbocycles. The van der Waals surface area contributed by atoms with Crippen molar-refractivity contribution < 1.29 is 33.7 Å². The van der Waals surface area contributed by atoms with Crippen LogP contribution in [0.25, 0.3) is 0 Å². The van der Waals surface area contributed by atoms with Gasteiger partial charge in [0.1, 0.15) is 6.61 Å². The highest BCUT2D eigenvalue weighted by Crippen LogP contribution is 2.72. The lowest BCUT2D eigenvalue weighted by molar-refractivity contribution is -0.246. The Hall–Kier alpha value is -1.87. The first kappa shape index (κ1) is 24.8. The molecule has 6 rings (SSSR count). The van der Waals surface area contributed by atoms with Crippen molar-refractivity contribution in [3.05, 3.63) is 36.1 Å². The lowest BCUT2D eigenvalue weighted by Crippen LogP contribution is -2.70. The number of halogens is 1. The largest absolute Gasteiger partial charge is 0.390 e. The van der Waals surface area contributed by atoms with Gasteiger partial charge in [0.15, 0.2) is 28.6 Å². The smallest absolute Gasteiger partial charge is 0.193 e. The average molecular weight is 490 g/mol. The maximum absolute atomic E-state index is 17.1. The number of nitrogens with one attached hydrogen (secondary N) is 1. The molecule has 4 fully saturated rings. The van der Waals surface area contributed by atoms with E-state index in [9.17, 15) is 19.8 Å². The number of aliphatic hydroxyl groups excluding tert-OH is 2. The lowest BCUT2D eigenvalue weighted by Gasteiger charge is -2.62. The Kier molecular flexibility index (Phi) is 5.54. The zero-order valence-corrected chi connectivity index (χ0v) is 20.8. The number of allylic oxidation sites excluding steroid dienone is 4. The van der Waals surface area contributed by atoms with Gasteiger partial charge in [0.25, 0.3) is 0 Å². The van der Waals surface area contributed by atoms with Crippen LogP contribution in [0.15, 0.2) is 36.1 Å². The number of hydrogen-bond donors (Lipinski definition) is 3. The number of ketones is 2. The highest BCUT2D eigenvalue weighted by molar-refractivity contribution is 6.01. The van der Waals surface area contributed by atoms with Crippen molar-refractivity contribution in [1.29, 1.82) is 0 Å². The second-order valence-electron chi connectivity index (χ2n) is 11.7. The molecule has 35 heavy (non-hydrogen) atoms. The van der Waals surface area contributed by atoms with Crippen LogP contribution in [0.4, 0.5) is 4.39 Å². The van der Waals surface area contributed by atoms with Crippen LogP contribution in [0.5, 0.6) is 0 Å². The van der Waals surface area contributed by atoms with Crippen LogP contribution in [0.1, 0.15) is 53.4 Å². The Bertz CT molecular complexity index is 1030. The van der Waals surface area contributed by atoms with Crippen LogP contribution in [0.3, 0.4) is 0 Å². The molecule has 8 atom stereocenters. The first-order valence-corrected chi connectivity index (χ1v) is 12.6. The number of aliphatic hydroxyl groups is 2. The number of alkyl halides is 1. The third-order valence-corrected chi connectivity index (χ3v) is 9.66. The molecule has 2 aliphatic heterocycles. The summed E-state index contributed by atoms with van der Waals surface area (Å²) in [5, 5.41) is 24.1. The van der Waals surface area contributed by atoms with Gasteiger partial charge in [-0.2, -0.15) is 0 Å². The number of carbonyl (C=O) groups excluding carboxylic acids is 2. The molecule has 1 saturated heterocycles. The van der Waals surface area contributed by atoms with E-state index in [2.05, 4.69) is 11.4 Å². The highest BCUT2D eigenvalue weighted by Gasteiger charge is 2.79. The Labute approximate surface area is 205 Å². The Morgan fingerprint density at radius 2 is 1.91 bits per heavy atom. The van der Waals surface area contributed by atoms with Gasteiger partial charge in [-0.3, -0.25) is 9.59 Å². The molecule has 6 aliphatic rings. The summed E-state index contributed by atoms with van der Waals surface area (Å²) in [5.74, 6) is -2.46. The molecule has 192 valence electrons. The van der Waals surface area contributed by atoms with E-state index >= 15 is 4.39 Å². The third-order valence-electron chi connectivity index (χ3n) is 9.66. The third kappa shape index (κ3) is 3.09. The standard InChI is InChI=1S/C24H31FO6.C3H5N/c1-20(2)30-19-10-16-15-6-5-13-9-14(27)7-8-21(13,3)23(15,25)17(28)11-22(16,4)24(19,31-20)18(29)12-26;1-2-4-3-1/h7-9,15-17,19,26,28H,5-6,10-12H2,1-4H3;1-2,4H,3H2/t15-,16-,17-,19+,21-,22-,23?,24+;/m0./s1. The van der Waals surface area contributed by atoms with E-state index < -0.39 is 58.4 Å². The van der Waals surface area contributed by atoms with Crippen molar-refractivity contribution in [3.63, 3.8) is 0 Å². The van der Waals surface area contributed by atoms with E-state index in [1.807, 2.05) is 13.1 Å². The molecule has 7 nitrogen and oxygen atoms in total. The maximum Gasteiger partial charge on any atom is 0.193 e. The molecule has 0 aromatic rings. The minimum absolute atomic E-state index is 0.0109. The molecule has 0 aromatic carbocycles. The van der Waals surface area contributed by atoms with Gasteiger partial charge in [-0.05, 0) is 76.8 Å². The molecule has 0 aromatic heterocycles. The van der Waals surface area contributed by atoms with Gasteiger partial charge >= 0.3 is 0 Å². The van der Waals surface area contributed by atoms with Crippen molar-refractivity contribution in [2.75, 3.05) is 13.2 Å². The summed E-state index contributed by atoms with van der Waals surface area (Å²) in [6, 6.07) is 0. The van der Waals surface area contributed by atoms with Crippen LogP contribution >= 0.6 is 0 Å². The SMILES string of the molecule is C1=CNC1.CC1(C)O[C@@H]2C[C@H]3[C@@H]4CCC5=CC(=O)C=C[C@]5(C)C4(F)[C@@H](O)C[C@]3(C)[C@]2(C(=O)CO)O1. The zero-order valence-electron chi connectivity index (χ0n) is 20.8. The Morgan fingerprint density at radius 3 is 2.51 bits per heavy atom. The molecule has 8 heteroatoms. The number of fused-ring (bicyclic) bond motifs is 7. The molecular weight excluding hydrogens is 453 g/mol. The van der Waals surface area contributed by atoms with Gasteiger partial charge in [0, 0.05) is 23.3 Å². The van der Waals surface area contributed by atoms with Gasteiger partial charge in [0.2, 0.25) is 0 Å². The number of hydrogen-bond acceptors (Lipinski definition) is 7. The van der Waals surface area contributed by atoms with Crippen LogP contribution in [0.2, 0.25) is 0 Å². The average Bonchev–Trinajstić information content (AvgIpc) is 3.14. The summed E-state index contributed by atoms with van der Waals surface area (Å²) in [4.78, 5) is 25.1. The van der Waals surface area contributed by atoms with E-state index in [1.54, 1.807) is 26.8 Å². The van der Waals surface area contributed by atoms with Crippen molar-refractivity contribution >= 4 is 11.6 Å². The second kappa shape index (κ2) is 7.81. The highest BCUT2D eigenvalue weighted by atomic mass is 19.1. The first-order chi connectivity index (χ1) is 16.4. The Morgan fingerprint density at radius 1 is 1.26 bits per heavy atom. The summed E-state index contributed by atoms with van der Waals surface area (Å²) in [5.41, 5.74) is -4.66. The van der Waals surface area contributed by atoms with Gasteiger partial charge in [-0.15, -0.1) is 0 Å². The molecule has 0 spiro atoms. The topological polar surface area (TPSA) is 105 Å². The van der Waals surface area contributed by atoms with Gasteiger partial charge in [0.05, 0.1) is 12.2 Å². The summed E-state index contributed by atoms with van der Waals surface area (Å²) < 4.78 is 29.5. The fourth-order valence-corrected chi connectivity index (χ4v) is 8.04. The summed E-state index contributed by atoms with van der Waals surface area (Å²) in [7, 11) is 0. The maximum atomic E-state index is 17.1. The minimum atomic E-state index is -1.98. The van der Waals surface area contributed by atoms with Crippen LogP contribution in [-0.2, 0) is 19.1 Å². The first-order valence-electron chi connectivity index (χ1n) is 12.6. The molecule has 1 unspecified atom stereocenters. The van der Waals surface area contributed by atoms with Crippen molar-refractivity contribution in [1.82, 2.24) is 5.32 Å². The molecule has 0 radical (unpaired) electrons. The number of rotatable bonds is 2. The lowest BCUT2D eigenvalue weighted by atomic mass is 9.44. The molecule has 2 heterocycles. The molecule has 0 bridgehead atoms. The summed E-state index contributed by atoms with van der Waals surface area (Å²) >= 11 is 0. The number of ether oxygens (including phenoxy) is 2. The minimum Gasteiger partial charge on any atom is -0.390 e. The predicted octanol–water partition coefficient (Wildman–Crippen LogP) is 2.52. The van der Waals surface area contributed by atoms with Gasteiger partial charge < -0.3 is 25.0 Å². The fraction of sp³-hybridized carbons (Fsp3) is 0.704. The summed E-state index contributed by atoms with van der Waals surface area (Å²) in [6.07, 6.45) is 8.00. The van der Waals surface area contributed by atoms with Crippen molar-refractivity contribution in [2.45, 2.75) is 82.6 Å². The van der Waals surface area contributed by atoms with Gasteiger partial charge in [-0.25, -0.2) is 4.39 Å². The Balaban J connectivity index is 0.000000577. The van der Waals surface area contributed by atoms with E-state index in [0.717, 1.165) is 12.1 Å². The van der Waals surface area contributed by atoms with E-state index in [4.69, 9.17) is 9.47 Å². The van der Waals surface area contributed by atoms with Crippen molar-refractivity contribution in [3.8, 4) is 0 Å². The predicted molar refractivity (Wildman–Crippen MR) is 126 cm³/mol. The van der Waals surface area contributed by atoms with E-state index in [-0.39, 0.29) is 18.1 Å². The van der Waals surface area contributed by atoms with Crippen LogP contribution in [0, 0.1) is 22.7 Å². The zero-order chi connectivity index (χ0) is 25.4. The molecule has 3 saturated carbocycles. The monoisotopic (exact) mass is 489 g/mol.